The zero-order valence-electron chi connectivity index (χ0n) is 16.0. The number of nitrogens with one attached hydrogen (secondary N) is 2. The quantitative estimate of drug-likeness (QED) is 0.623. The van der Waals surface area contributed by atoms with E-state index in [1.165, 1.54) is 38.1 Å². The summed E-state index contributed by atoms with van der Waals surface area (Å²) in [5.74, 6) is 1.12. The molecule has 0 radical (unpaired) electrons. The molecule has 29 heavy (non-hydrogen) atoms. The molecule has 11 heteroatoms. The number of rotatable bonds is 7. The number of halogens is 1. The maximum Gasteiger partial charge on any atom is 0.319 e. The van der Waals surface area contributed by atoms with Gasteiger partial charge in [-0.2, -0.15) is 4.68 Å². The van der Waals surface area contributed by atoms with E-state index in [1.54, 1.807) is 24.3 Å². The Hall–Kier alpha value is -3.89. The van der Waals surface area contributed by atoms with Crippen LogP contribution in [0.5, 0.6) is 17.2 Å². The number of urea groups is 1. The lowest BCUT2D eigenvalue weighted by Crippen LogP contribution is -2.29. The second kappa shape index (κ2) is 8.87. The molecule has 2 aromatic carbocycles. The van der Waals surface area contributed by atoms with Crippen LogP contribution in [0.2, 0.25) is 0 Å². The molecular weight excluding hydrogens is 383 g/mol. The van der Waals surface area contributed by atoms with Crippen molar-refractivity contribution in [2.45, 2.75) is 6.54 Å². The van der Waals surface area contributed by atoms with Crippen molar-refractivity contribution in [2.75, 3.05) is 26.6 Å². The first kappa shape index (κ1) is 19.9. The predicted molar refractivity (Wildman–Crippen MR) is 101 cm³/mol. The van der Waals surface area contributed by atoms with Gasteiger partial charge in [0.1, 0.15) is 5.82 Å². The van der Waals surface area contributed by atoms with E-state index in [0.29, 0.717) is 34.4 Å². The van der Waals surface area contributed by atoms with E-state index in [0.717, 1.165) is 0 Å². The van der Waals surface area contributed by atoms with Crippen LogP contribution in [-0.4, -0.2) is 47.6 Å². The maximum atomic E-state index is 13.4. The summed E-state index contributed by atoms with van der Waals surface area (Å²) < 4.78 is 30.5. The van der Waals surface area contributed by atoms with Crippen LogP contribution in [0.1, 0.15) is 5.82 Å². The van der Waals surface area contributed by atoms with E-state index in [2.05, 4.69) is 26.2 Å². The van der Waals surface area contributed by atoms with Gasteiger partial charge in [-0.05, 0) is 28.6 Å². The van der Waals surface area contributed by atoms with E-state index in [-0.39, 0.29) is 6.54 Å². The van der Waals surface area contributed by atoms with E-state index < -0.39 is 11.8 Å². The van der Waals surface area contributed by atoms with Gasteiger partial charge in [-0.15, -0.1) is 5.10 Å². The summed E-state index contributed by atoms with van der Waals surface area (Å²) in [6.45, 7) is 0.0137. The van der Waals surface area contributed by atoms with Gasteiger partial charge >= 0.3 is 6.03 Å². The summed E-state index contributed by atoms with van der Waals surface area (Å²) in [5, 5.41) is 16.6. The van der Waals surface area contributed by atoms with Gasteiger partial charge in [0, 0.05) is 12.1 Å². The first-order valence-corrected chi connectivity index (χ1v) is 8.43. The molecule has 0 fully saturated rings. The number of anilines is 1. The van der Waals surface area contributed by atoms with Gasteiger partial charge in [0.15, 0.2) is 17.3 Å². The average Bonchev–Trinajstić information content (AvgIpc) is 3.20. The smallest absolute Gasteiger partial charge is 0.319 e. The number of amides is 2. The van der Waals surface area contributed by atoms with Crippen molar-refractivity contribution in [3.05, 3.63) is 48.0 Å². The summed E-state index contributed by atoms with van der Waals surface area (Å²) in [6, 6.07) is 8.48. The number of carbonyl (C=O) groups is 1. The molecule has 1 heterocycles. The number of nitrogens with zero attached hydrogens (tertiary/aromatic N) is 4. The number of hydrogen-bond acceptors (Lipinski definition) is 7. The number of aromatic nitrogens is 4. The van der Waals surface area contributed by atoms with Crippen LogP contribution < -0.4 is 24.8 Å². The molecule has 152 valence electrons. The fourth-order valence-corrected chi connectivity index (χ4v) is 2.61. The summed E-state index contributed by atoms with van der Waals surface area (Å²) in [6.07, 6.45) is 0. The zero-order chi connectivity index (χ0) is 20.8. The predicted octanol–water partition coefficient (Wildman–Crippen LogP) is 2.15. The van der Waals surface area contributed by atoms with Gasteiger partial charge in [-0.1, -0.05) is 6.07 Å². The molecule has 2 N–H and O–H groups in total. The van der Waals surface area contributed by atoms with Gasteiger partial charge in [-0.25, -0.2) is 9.18 Å². The summed E-state index contributed by atoms with van der Waals surface area (Å²) >= 11 is 0. The van der Waals surface area contributed by atoms with Gasteiger partial charge in [-0.3, -0.25) is 0 Å². The largest absolute Gasteiger partial charge is 0.493 e. The Labute approximate surface area is 165 Å². The minimum absolute atomic E-state index is 0.0137. The highest BCUT2D eigenvalue weighted by molar-refractivity contribution is 5.90. The van der Waals surface area contributed by atoms with Crippen LogP contribution in [0, 0.1) is 5.82 Å². The molecule has 0 aliphatic heterocycles. The molecule has 0 bridgehead atoms. The lowest BCUT2D eigenvalue weighted by Gasteiger charge is -2.15. The third kappa shape index (κ3) is 4.51. The molecule has 2 amide bonds. The Kier molecular flexibility index (Phi) is 6.07. The van der Waals surface area contributed by atoms with Gasteiger partial charge in [0.2, 0.25) is 5.75 Å². The van der Waals surface area contributed by atoms with Crippen molar-refractivity contribution in [2.24, 2.45) is 0 Å². The highest BCUT2D eigenvalue weighted by atomic mass is 19.1. The Morgan fingerprint density at radius 3 is 2.45 bits per heavy atom. The Morgan fingerprint density at radius 1 is 1.10 bits per heavy atom. The first-order chi connectivity index (χ1) is 14.0. The van der Waals surface area contributed by atoms with Gasteiger partial charge in [0.25, 0.3) is 0 Å². The Bertz CT molecular complexity index is 985. The normalized spacial score (nSPS) is 10.3. The first-order valence-electron chi connectivity index (χ1n) is 8.43. The molecule has 3 rings (SSSR count). The molecule has 0 spiro atoms. The van der Waals surface area contributed by atoms with E-state index >= 15 is 0 Å². The number of tetrazole rings is 1. The average molecular weight is 402 g/mol. The lowest BCUT2D eigenvalue weighted by molar-refractivity contribution is 0.251. The molecular formula is C18H19FN6O4. The monoisotopic (exact) mass is 402 g/mol. The second-order valence-electron chi connectivity index (χ2n) is 5.71. The fourth-order valence-electron chi connectivity index (χ4n) is 2.61. The maximum absolute atomic E-state index is 13.4. The molecule has 1 aromatic heterocycles. The van der Waals surface area contributed by atoms with Crippen LogP contribution >= 0.6 is 0 Å². The third-order valence-corrected chi connectivity index (χ3v) is 3.92. The van der Waals surface area contributed by atoms with Crippen LogP contribution in [0.3, 0.4) is 0 Å². The summed E-state index contributed by atoms with van der Waals surface area (Å²) in [7, 11) is 4.45. The highest BCUT2D eigenvalue weighted by Gasteiger charge is 2.15. The van der Waals surface area contributed by atoms with Crippen molar-refractivity contribution in [1.29, 1.82) is 0 Å². The zero-order valence-corrected chi connectivity index (χ0v) is 16.0. The number of methoxy groups -OCH3 is 3. The third-order valence-electron chi connectivity index (χ3n) is 3.92. The van der Waals surface area contributed by atoms with Crippen molar-refractivity contribution in [1.82, 2.24) is 25.5 Å². The second-order valence-corrected chi connectivity index (χ2v) is 5.71. The van der Waals surface area contributed by atoms with Crippen molar-refractivity contribution in [3.63, 3.8) is 0 Å². The molecule has 0 aliphatic rings. The van der Waals surface area contributed by atoms with Crippen molar-refractivity contribution < 1.29 is 23.4 Å². The Morgan fingerprint density at radius 2 is 1.83 bits per heavy atom. The van der Waals surface area contributed by atoms with Gasteiger partial charge in [0.05, 0.1) is 39.2 Å². The number of carbonyl (C=O) groups excluding carboxylic acids is 1. The highest BCUT2D eigenvalue weighted by Crippen LogP contribution is 2.39. The van der Waals surface area contributed by atoms with Crippen LogP contribution in [0.15, 0.2) is 36.4 Å². The minimum Gasteiger partial charge on any atom is -0.493 e. The van der Waals surface area contributed by atoms with Crippen LogP contribution in [-0.2, 0) is 6.54 Å². The molecule has 0 unspecified atom stereocenters. The molecule has 0 saturated heterocycles. The fraction of sp³-hybridized carbons (Fsp3) is 0.222. The van der Waals surface area contributed by atoms with Gasteiger partial charge < -0.3 is 24.8 Å². The molecule has 0 saturated carbocycles. The number of hydrogen-bond donors (Lipinski definition) is 2. The van der Waals surface area contributed by atoms with E-state index in [9.17, 15) is 9.18 Å². The van der Waals surface area contributed by atoms with E-state index in [4.69, 9.17) is 14.2 Å². The van der Waals surface area contributed by atoms with Crippen LogP contribution in [0.4, 0.5) is 14.9 Å². The van der Waals surface area contributed by atoms with Crippen molar-refractivity contribution >= 4 is 11.7 Å². The SMILES string of the molecule is COc1cc(NC(=O)NCc2nnnn2-c2cccc(F)c2)cc(OC)c1OC. The lowest BCUT2D eigenvalue weighted by atomic mass is 10.2. The topological polar surface area (TPSA) is 112 Å². The summed E-state index contributed by atoms with van der Waals surface area (Å²) in [4.78, 5) is 12.3. The standard InChI is InChI=1S/C18H19FN6O4/c1-27-14-8-12(9-15(28-2)17(14)29-3)21-18(26)20-10-16-22-23-24-25(16)13-6-4-5-11(19)7-13/h4-9H,10H2,1-3H3,(H2,20,21,26). The minimum atomic E-state index is -0.506. The Balaban J connectivity index is 1.69. The molecule has 0 aliphatic carbocycles. The summed E-state index contributed by atoms with van der Waals surface area (Å²) in [5.41, 5.74) is 0.874. The van der Waals surface area contributed by atoms with E-state index in [1.807, 2.05) is 0 Å². The van der Waals surface area contributed by atoms with Crippen LogP contribution in [0.25, 0.3) is 5.69 Å². The number of benzene rings is 2. The molecule has 10 nitrogen and oxygen atoms in total. The molecule has 3 aromatic rings. The number of ether oxygens (including phenoxy) is 3. The molecule has 0 atom stereocenters. The van der Waals surface area contributed by atoms with Crippen molar-refractivity contribution in [3.8, 4) is 22.9 Å².